The maximum Gasteiger partial charge on any atom is 0.357 e. The van der Waals surface area contributed by atoms with Crippen LogP contribution in [0.2, 0.25) is 0 Å². The van der Waals surface area contributed by atoms with E-state index in [0.717, 1.165) is 32.1 Å². The van der Waals surface area contributed by atoms with E-state index in [0.29, 0.717) is 29.2 Å². The Morgan fingerprint density at radius 2 is 1.75 bits per heavy atom. The van der Waals surface area contributed by atoms with Crippen molar-refractivity contribution >= 4 is 28.7 Å². The van der Waals surface area contributed by atoms with Gasteiger partial charge in [0.2, 0.25) is 11.8 Å². The minimum atomic E-state index is -1.13. The molecule has 36 heavy (non-hydrogen) atoms. The van der Waals surface area contributed by atoms with Crippen LogP contribution >= 0.6 is 0 Å². The number of aromatic carboxylic acids is 1. The van der Waals surface area contributed by atoms with E-state index in [1.165, 1.54) is 10.2 Å². The first-order chi connectivity index (χ1) is 17.5. The molecule has 3 aromatic rings. The van der Waals surface area contributed by atoms with Crippen molar-refractivity contribution in [3.63, 3.8) is 0 Å². The van der Waals surface area contributed by atoms with Crippen LogP contribution in [0.15, 0.2) is 54.6 Å². The first kappa shape index (κ1) is 22.8. The molecular weight excluding hydrogens is 456 g/mol. The Morgan fingerprint density at radius 3 is 2.56 bits per heavy atom. The topological polar surface area (TPSA) is 105 Å². The third kappa shape index (κ3) is 4.14. The lowest BCUT2D eigenvalue weighted by Crippen LogP contribution is -2.51. The smallest absolute Gasteiger partial charge is 0.357 e. The summed E-state index contributed by atoms with van der Waals surface area (Å²) < 4.78 is 1.46. The number of carboxylic acid groups (broad SMARTS) is 1. The van der Waals surface area contributed by atoms with Crippen LogP contribution in [0.4, 0.5) is 0 Å². The number of likely N-dealkylation sites (tertiary alicyclic amines) is 1. The van der Waals surface area contributed by atoms with Crippen LogP contribution in [0.3, 0.4) is 0 Å². The molecule has 2 aliphatic carbocycles. The number of carbonyl (C=O) groups is 3. The summed E-state index contributed by atoms with van der Waals surface area (Å²) in [5, 5.41) is 17.5. The van der Waals surface area contributed by atoms with Gasteiger partial charge < -0.3 is 15.3 Å². The summed E-state index contributed by atoms with van der Waals surface area (Å²) in [4.78, 5) is 40.2. The third-order valence-electron chi connectivity index (χ3n) is 8.13. The van der Waals surface area contributed by atoms with Crippen LogP contribution in [0.5, 0.6) is 0 Å². The number of carboxylic acids is 1. The Bertz CT molecular complexity index is 1320. The van der Waals surface area contributed by atoms with Gasteiger partial charge in [-0.2, -0.15) is 5.10 Å². The number of amides is 2. The highest BCUT2D eigenvalue weighted by molar-refractivity contribution is 6.01. The number of piperidine rings is 1. The third-order valence-corrected chi connectivity index (χ3v) is 8.13. The fourth-order valence-corrected chi connectivity index (χ4v) is 6.31. The number of hydrogen-bond donors (Lipinski definition) is 2. The summed E-state index contributed by atoms with van der Waals surface area (Å²) in [5.74, 6) is -0.560. The second-order valence-electron chi connectivity index (χ2n) is 10.4. The van der Waals surface area contributed by atoms with E-state index in [1.54, 1.807) is 29.2 Å². The normalized spacial score (nSPS) is 27.0. The molecule has 1 saturated heterocycles. The zero-order valence-electron chi connectivity index (χ0n) is 20.0. The predicted octanol–water partition coefficient (Wildman–Crippen LogP) is 3.57. The fraction of sp³-hybridized carbons (Fsp3) is 0.429. The molecule has 1 aliphatic heterocycles. The summed E-state index contributed by atoms with van der Waals surface area (Å²) in [6.45, 7) is -0.0830. The lowest BCUT2D eigenvalue weighted by molar-refractivity contribution is -0.140. The summed E-state index contributed by atoms with van der Waals surface area (Å²) in [7, 11) is 0. The van der Waals surface area contributed by atoms with Crippen LogP contribution in [-0.4, -0.2) is 55.7 Å². The first-order valence-corrected chi connectivity index (χ1v) is 12.8. The van der Waals surface area contributed by atoms with Gasteiger partial charge in [0.1, 0.15) is 12.6 Å². The van der Waals surface area contributed by atoms with Crippen molar-refractivity contribution in [2.24, 2.45) is 5.92 Å². The molecule has 2 heterocycles. The average molecular weight is 487 g/mol. The Kier molecular flexibility index (Phi) is 5.74. The van der Waals surface area contributed by atoms with Crippen LogP contribution < -0.4 is 5.32 Å². The molecule has 2 N–H and O–H groups in total. The van der Waals surface area contributed by atoms with Crippen molar-refractivity contribution in [3.8, 4) is 0 Å². The standard InChI is InChI=1S/C28H30N4O4/c33-25(16-31-22-12-5-4-11-21(22)26(30-31)28(35)36)32-23-14-19(23)15-24(32)27(34)29-20-10-6-9-18(13-20)17-7-2-1-3-8-17/h1-5,7-8,11-12,18-20,23-24H,6,9-10,13-16H2,(H,29,34)(H,35,36)/t18?,19-,20?,23-,24+/m1/s1. The van der Waals surface area contributed by atoms with E-state index < -0.39 is 12.0 Å². The molecule has 2 unspecified atom stereocenters. The van der Waals surface area contributed by atoms with Gasteiger partial charge >= 0.3 is 5.97 Å². The largest absolute Gasteiger partial charge is 0.476 e. The van der Waals surface area contributed by atoms with Crippen molar-refractivity contribution in [1.82, 2.24) is 20.0 Å². The summed E-state index contributed by atoms with van der Waals surface area (Å²) in [5.41, 5.74) is 1.86. The summed E-state index contributed by atoms with van der Waals surface area (Å²) in [6, 6.07) is 17.2. The lowest BCUT2D eigenvalue weighted by Gasteiger charge is -2.33. The van der Waals surface area contributed by atoms with Crippen molar-refractivity contribution < 1.29 is 19.5 Å². The first-order valence-electron chi connectivity index (χ1n) is 12.8. The summed E-state index contributed by atoms with van der Waals surface area (Å²) >= 11 is 0. The zero-order chi connectivity index (χ0) is 24.8. The molecule has 2 aromatic carbocycles. The van der Waals surface area contributed by atoms with Gasteiger partial charge in [0, 0.05) is 17.5 Å². The number of carbonyl (C=O) groups excluding carboxylic acids is 2. The molecule has 186 valence electrons. The molecule has 0 bridgehead atoms. The van der Waals surface area contributed by atoms with Crippen LogP contribution in [0, 0.1) is 5.92 Å². The highest BCUT2D eigenvalue weighted by Crippen LogP contribution is 2.48. The quantitative estimate of drug-likeness (QED) is 0.554. The van der Waals surface area contributed by atoms with E-state index in [4.69, 9.17) is 0 Å². The van der Waals surface area contributed by atoms with Crippen molar-refractivity contribution in [3.05, 3.63) is 65.9 Å². The second-order valence-corrected chi connectivity index (χ2v) is 10.4. The molecule has 1 aromatic heterocycles. The highest BCUT2D eigenvalue weighted by Gasteiger charge is 2.56. The van der Waals surface area contributed by atoms with Crippen molar-refractivity contribution in [2.75, 3.05) is 0 Å². The highest BCUT2D eigenvalue weighted by atomic mass is 16.4. The Labute approximate surface area is 209 Å². The van der Waals surface area contributed by atoms with Gasteiger partial charge in [0.15, 0.2) is 5.69 Å². The predicted molar refractivity (Wildman–Crippen MR) is 133 cm³/mol. The van der Waals surface area contributed by atoms with Gasteiger partial charge in [-0.15, -0.1) is 0 Å². The SMILES string of the molecule is O=C(O)c1nn(CC(=O)N2[C@@H]3C[C@@H]3C[C@H]2C(=O)NC2CCCC(c3ccccc3)C2)c2ccccc12. The second kappa shape index (κ2) is 9.08. The molecule has 3 fully saturated rings. The van der Waals surface area contributed by atoms with Crippen LogP contribution in [0.25, 0.3) is 10.9 Å². The Morgan fingerprint density at radius 1 is 0.972 bits per heavy atom. The van der Waals surface area contributed by atoms with E-state index >= 15 is 0 Å². The molecule has 0 radical (unpaired) electrons. The molecule has 0 spiro atoms. The molecule has 2 amide bonds. The Hall–Kier alpha value is -3.68. The van der Waals surface area contributed by atoms with Crippen molar-refractivity contribution in [1.29, 1.82) is 0 Å². The van der Waals surface area contributed by atoms with Gasteiger partial charge in [-0.1, -0.05) is 55.0 Å². The van der Waals surface area contributed by atoms with E-state index in [2.05, 4.69) is 34.7 Å². The average Bonchev–Trinajstić information content (AvgIpc) is 3.39. The number of fused-ring (bicyclic) bond motifs is 2. The number of aromatic nitrogens is 2. The summed E-state index contributed by atoms with van der Waals surface area (Å²) in [6.07, 6.45) is 5.69. The van der Waals surface area contributed by atoms with Crippen LogP contribution in [-0.2, 0) is 16.1 Å². The molecule has 2 saturated carbocycles. The minimum Gasteiger partial charge on any atom is -0.476 e. The van der Waals surface area contributed by atoms with Gasteiger partial charge in [0.25, 0.3) is 0 Å². The minimum absolute atomic E-state index is 0.0641. The lowest BCUT2D eigenvalue weighted by atomic mass is 9.81. The maximum atomic E-state index is 13.5. The number of para-hydroxylation sites is 1. The number of benzene rings is 2. The maximum absolute atomic E-state index is 13.5. The zero-order valence-corrected chi connectivity index (χ0v) is 20.0. The van der Waals surface area contributed by atoms with E-state index in [9.17, 15) is 19.5 Å². The molecule has 3 aliphatic rings. The van der Waals surface area contributed by atoms with E-state index in [1.807, 2.05) is 6.07 Å². The molecule has 8 heteroatoms. The van der Waals surface area contributed by atoms with Gasteiger partial charge in [0.05, 0.1) is 5.52 Å². The molecule has 8 nitrogen and oxygen atoms in total. The van der Waals surface area contributed by atoms with Crippen LogP contribution in [0.1, 0.15) is 60.5 Å². The number of hydrogen-bond acceptors (Lipinski definition) is 4. The monoisotopic (exact) mass is 486 g/mol. The Balaban J connectivity index is 1.16. The number of rotatable bonds is 6. The fourth-order valence-electron chi connectivity index (χ4n) is 6.31. The van der Waals surface area contributed by atoms with E-state index in [-0.39, 0.29) is 36.1 Å². The van der Waals surface area contributed by atoms with Gasteiger partial charge in [-0.3, -0.25) is 14.3 Å². The van der Waals surface area contributed by atoms with Crippen molar-refractivity contribution in [2.45, 2.75) is 69.1 Å². The molecular formula is C28H30N4O4. The number of nitrogens with zero attached hydrogens (tertiary/aromatic N) is 3. The molecule has 6 rings (SSSR count). The number of nitrogens with one attached hydrogen (secondary N) is 1. The van der Waals surface area contributed by atoms with Gasteiger partial charge in [-0.25, -0.2) is 4.79 Å². The van der Waals surface area contributed by atoms with Gasteiger partial charge in [-0.05, 0) is 55.6 Å². The molecule has 5 atom stereocenters.